The Morgan fingerprint density at radius 1 is 1.17 bits per heavy atom. The van der Waals surface area contributed by atoms with Gasteiger partial charge in [0.2, 0.25) is 0 Å². The standard InChI is InChI=1S/C21H23N7O/c1-13-7-14-9-22-10-15(14)8-17(13)26-20-18-16(11-23-19(18)24-12-25-20)21(29)28-5-3-27(2)4-6-28/h7-8,10-12H,3-6,9H2,1-2H3,(H2,23,24,25,26). The van der Waals surface area contributed by atoms with Crippen molar-refractivity contribution in [1.82, 2.24) is 24.8 Å². The van der Waals surface area contributed by atoms with Crippen LogP contribution in [-0.2, 0) is 6.54 Å². The second-order valence-electron chi connectivity index (χ2n) is 7.70. The molecule has 0 unspecified atom stereocenters. The number of nitrogens with one attached hydrogen (secondary N) is 2. The van der Waals surface area contributed by atoms with Crippen molar-refractivity contribution in [2.24, 2.45) is 4.99 Å². The van der Waals surface area contributed by atoms with E-state index in [-0.39, 0.29) is 5.91 Å². The van der Waals surface area contributed by atoms with E-state index in [1.54, 1.807) is 6.20 Å². The van der Waals surface area contributed by atoms with Crippen LogP contribution >= 0.6 is 0 Å². The number of aliphatic imine (C=N–C) groups is 1. The molecule has 148 valence electrons. The summed E-state index contributed by atoms with van der Waals surface area (Å²) in [6.45, 7) is 6.00. The number of nitrogens with zero attached hydrogens (tertiary/aromatic N) is 5. The molecule has 1 aromatic carbocycles. The van der Waals surface area contributed by atoms with Crippen molar-refractivity contribution < 1.29 is 4.79 Å². The monoisotopic (exact) mass is 389 g/mol. The van der Waals surface area contributed by atoms with Crippen LogP contribution in [0.25, 0.3) is 11.0 Å². The fraction of sp³-hybridized carbons (Fsp3) is 0.333. The number of anilines is 2. The lowest BCUT2D eigenvalue weighted by molar-refractivity contribution is 0.0666. The lowest BCUT2D eigenvalue weighted by Gasteiger charge is -2.32. The second kappa shape index (κ2) is 6.97. The highest BCUT2D eigenvalue weighted by molar-refractivity contribution is 6.10. The molecular formula is C21H23N7O. The molecule has 0 atom stereocenters. The third-order valence-electron chi connectivity index (χ3n) is 5.72. The third kappa shape index (κ3) is 3.15. The molecule has 8 heteroatoms. The van der Waals surface area contributed by atoms with E-state index in [2.05, 4.69) is 56.3 Å². The number of rotatable bonds is 3. The second-order valence-corrected chi connectivity index (χ2v) is 7.70. The van der Waals surface area contributed by atoms with Crippen LogP contribution in [0.4, 0.5) is 11.5 Å². The van der Waals surface area contributed by atoms with Crippen LogP contribution in [0.2, 0.25) is 0 Å². The number of aromatic nitrogens is 3. The van der Waals surface area contributed by atoms with Gasteiger partial charge in [0.05, 0.1) is 17.5 Å². The first kappa shape index (κ1) is 17.8. The van der Waals surface area contributed by atoms with Gasteiger partial charge in [0.1, 0.15) is 17.8 Å². The van der Waals surface area contributed by atoms with Crippen molar-refractivity contribution in [1.29, 1.82) is 0 Å². The van der Waals surface area contributed by atoms with Gasteiger partial charge in [0.15, 0.2) is 0 Å². The molecule has 1 saturated heterocycles. The molecule has 5 rings (SSSR count). The number of hydrogen-bond donors (Lipinski definition) is 2. The number of fused-ring (bicyclic) bond motifs is 2. The van der Waals surface area contributed by atoms with Crippen molar-refractivity contribution in [3.05, 3.63) is 46.9 Å². The number of hydrogen-bond acceptors (Lipinski definition) is 6. The molecule has 1 fully saturated rings. The van der Waals surface area contributed by atoms with E-state index in [1.165, 1.54) is 11.9 Å². The SMILES string of the molecule is Cc1cc2c(cc1Nc1ncnc3[nH]cc(C(=O)N4CCN(C)CC4)c13)C=NC2. The lowest BCUT2D eigenvalue weighted by atomic mass is 10.0. The van der Waals surface area contributed by atoms with E-state index in [4.69, 9.17) is 0 Å². The molecule has 2 N–H and O–H groups in total. The van der Waals surface area contributed by atoms with Gasteiger partial charge in [-0.1, -0.05) is 6.07 Å². The number of likely N-dealkylation sites (N-methyl/N-ethyl adjacent to an activating group) is 1. The highest BCUT2D eigenvalue weighted by atomic mass is 16.2. The summed E-state index contributed by atoms with van der Waals surface area (Å²) in [6.07, 6.45) is 5.15. The highest BCUT2D eigenvalue weighted by Crippen LogP contribution is 2.30. The molecule has 0 spiro atoms. The maximum atomic E-state index is 13.2. The number of aromatic amines is 1. The first-order chi connectivity index (χ1) is 14.1. The average molecular weight is 389 g/mol. The maximum Gasteiger partial charge on any atom is 0.256 e. The summed E-state index contributed by atoms with van der Waals surface area (Å²) in [5, 5.41) is 4.15. The zero-order valence-electron chi connectivity index (χ0n) is 16.6. The maximum absolute atomic E-state index is 13.2. The quantitative estimate of drug-likeness (QED) is 0.718. The predicted octanol–water partition coefficient (Wildman–Crippen LogP) is 2.33. The van der Waals surface area contributed by atoms with Gasteiger partial charge in [-0.15, -0.1) is 0 Å². The van der Waals surface area contributed by atoms with Crippen molar-refractivity contribution in [3.63, 3.8) is 0 Å². The number of carbonyl (C=O) groups is 1. The smallest absolute Gasteiger partial charge is 0.256 e. The van der Waals surface area contributed by atoms with E-state index in [0.717, 1.165) is 54.9 Å². The Bertz CT molecular complexity index is 1130. The summed E-state index contributed by atoms with van der Waals surface area (Å²) >= 11 is 0. The molecular weight excluding hydrogens is 366 g/mol. The molecule has 8 nitrogen and oxygen atoms in total. The fourth-order valence-electron chi connectivity index (χ4n) is 3.95. The first-order valence-corrected chi connectivity index (χ1v) is 9.80. The molecule has 1 amide bonds. The van der Waals surface area contributed by atoms with Gasteiger partial charge >= 0.3 is 0 Å². The van der Waals surface area contributed by atoms with Gasteiger partial charge in [-0.05, 0) is 36.7 Å². The molecule has 0 bridgehead atoms. The van der Waals surface area contributed by atoms with Crippen LogP contribution in [0.1, 0.15) is 27.0 Å². The van der Waals surface area contributed by atoms with Crippen LogP contribution in [0.15, 0.2) is 29.6 Å². The van der Waals surface area contributed by atoms with E-state index in [0.29, 0.717) is 17.0 Å². The summed E-state index contributed by atoms with van der Waals surface area (Å²) in [5.74, 6) is 0.645. The van der Waals surface area contributed by atoms with E-state index < -0.39 is 0 Å². The Labute approximate surface area is 168 Å². The number of H-pyrrole nitrogens is 1. The molecule has 0 radical (unpaired) electrons. The van der Waals surface area contributed by atoms with Crippen LogP contribution in [0.3, 0.4) is 0 Å². The van der Waals surface area contributed by atoms with E-state index >= 15 is 0 Å². The van der Waals surface area contributed by atoms with Gasteiger partial charge in [-0.3, -0.25) is 9.79 Å². The molecule has 4 heterocycles. The topological polar surface area (TPSA) is 89.5 Å². The molecule has 2 aliphatic rings. The lowest BCUT2D eigenvalue weighted by Crippen LogP contribution is -2.47. The average Bonchev–Trinajstić information content (AvgIpc) is 3.35. The zero-order chi connectivity index (χ0) is 20.0. The largest absolute Gasteiger partial charge is 0.345 e. The van der Waals surface area contributed by atoms with Crippen molar-refractivity contribution >= 4 is 34.7 Å². The Balaban J connectivity index is 1.51. The summed E-state index contributed by atoms with van der Waals surface area (Å²) in [4.78, 5) is 33.6. The van der Waals surface area contributed by atoms with E-state index in [9.17, 15) is 4.79 Å². The Morgan fingerprint density at radius 2 is 2.00 bits per heavy atom. The molecule has 0 saturated carbocycles. The van der Waals surface area contributed by atoms with Crippen molar-refractivity contribution in [2.45, 2.75) is 13.5 Å². The minimum absolute atomic E-state index is 0.0139. The summed E-state index contributed by atoms with van der Waals surface area (Å²) in [6, 6.07) is 4.24. The Kier molecular flexibility index (Phi) is 4.28. The number of carbonyl (C=O) groups excluding carboxylic acids is 1. The van der Waals surface area contributed by atoms with Crippen molar-refractivity contribution in [3.8, 4) is 0 Å². The van der Waals surface area contributed by atoms with Crippen LogP contribution in [0, 0.1) is 6.92 Å². The fourth-order valence-corrected chi connectivity index (χ4v) is 3.95. The molecule has 3 aromatic rings. The van der Waals surface area contributed by atoms with Crippen LogP contribution in [0.5, 0.6) is 0 Å². The number of amides is 1. The van der Waals surface area contributed by atoms with Gasteiger partial charge in [-0.25, -0.2) is 9.97 Å². The van der Waals surface area contributed by atoms with Crippen LogP contribution < -0.4 is 5.32 Å². The zero-order valence-corrected chi connectivity index (χ0v) is 16.6. The third-order valence-corrected chi connectivity index (χ3v) is 5.72. The molecule has 0 aliphatic carbocycles. The minimum atomic E-state index is 0.0139. The number of benzene rings is 1. The van der Waals surface area contributed by atoms with Gasteiger partial charge < -0.3 is 20.1 Å². The van der Waals surface area contributed by atoms with Crippen LogP contribution in [-0.4, -0.2) is 70.1 Å². The van der Waals surface area contributed by atoms with E-state index in [1.807, 2.05) is 11.1 Å². The van der Waals surface area contributed by atoms with Gasteiger partial charge in [0, 0.05) is 44.3 Å². The Hall–Kier alpha value is -3.26. The number of aryl methyl sites for hydroxylation is 1. The summed E-state index contributed by atoms with van der Waals surface area (Å²) in [7, 11) is 2.08. The normalized spacial score (nSPS) is 16.4. The first-order valence-electron chi connectivity index (χ1n) is 9.80. The summed E-state index contributed by atoms with van der Waals surface area (Å²) < 4.78 is 0. The van der Waals surface area contributed by atoms with Crippen molar-refractivity contribution in [2.75, 3.05) is 38.5 Å². The summed E-state index contributed by atoms with van der Waals surface area (Å²) in [5.41, 5.74) is 5.67. The van der Waals surface area contributed by atoms with Gasteiger partial charge in [0.25, 0.3) is 5.91 Å². The molecule has 2 aliphatic heterocycles. The van der Waals surface area contributed by atoms with Gasteiger partial charge in [-0.2, -0.15) is 0 Å². The molecule has 29 heavy (non-hydrogen) atoms. The predicted molar refractivity (Wildman–Crippen MR) is 113 cm³/mol. The Morgan fingerprint density at radius 3 is 2.83 bits per heavy atom. The molecule has 2 aromatic heterocycles. The minimum Gasteiger partial charge on any atom is -0.345 e. The highest BCUT2D eigenvalue weighted by Gasteiger charge is 2.25. The number of piperazine rings is 1.